The van der Waals surface area contributed by atoms with Gasteiger partial charge in [0.25, 0.3) is 0 Å². The summed E-state index contributed by atoms with van der Waals surface area (Å²) >= 11 is 0. The summed E-state index contributed by atoms with van der Waals surface area (Å²) in [6, 6.07) is 12.0. The van der Waals surface area contributed by atoms with E-state index >= 15 is 0 Å². The summed E-state index contributed by atoms with van der Waals surface area (Å²) in [7, 11) is 2.24. The van der Waals surface area contributed by atoms with Crippen LogP contribution < -0.4 is 15.1 Å². The third-order valence-electron chi connectivity index (χ3n) is 7.59. The molecule has 2 aromatic heterocycles. The van der Waals surface area contributed by atoms with Crippen LogP contribution in [-0.2, 0) is 4.74 Å². The Balaban J connectivity index is 1.18. The van der Waals surface area contributed by atoms with Crippen molar-refractivity contribution in [2.45, 2.75) is 32.4 Å². The number of ether oxygens (including phenoxy) is 1. The maximum absolute atomic E-state index is 5.47. The van der Waals surface area contributed by atoms with Crippen molar-refractivity contribution < 1.29 is 4.74 Å². The van der Waals surface area contributed by atoms with Gasteiger partial charge in [0.15, 0.2) is 0 Å². The molecule has 3 saturated heterocycles. The number of anilines is 4. The third kappa shape index (κ3) is 4.32. The van der Waals surface area contributed by atoms with Gasteiger partial charge >= 0.3 is 0 Å². The minimum atomic E-state index is 0.589. The van der Waals surface area contributed by atoms with Crippen molar-refractivity contribution in [3.05, 3.63) is 53.9 Å². The van der Waals surface area contributed by atoms with Gasteiger partial charge in [-0.3, -0.25) is 4.90 Å². The van der Waals surface area contributed by atoms with Crippen molar-refractivity contribution in [1.82, 2.24) is 19.9 Å². The predicted molar refractivity (Wildman–Crippen MR) is 140 cm³/mol. The summed E-state index contributed by atoms with van der Waals surface area (Å²) < 4.78 is 5.47. The molecule has 2 bridgehead atoms. The number of likely N-dealkylation sites (tertiary alicyclic amines) is 1. The first-order chi connectivity index (χ1) is 17.0. The quantitative estimate of drug-likeness (QED) is 0.605. The average molecular weight is 472 g/mol. The van der Waals surface area contributed by atoms with Crippen LogP contribution >= 0.6 is 0 Å². The number of hydrogen-bond donors (Lipinski definition) is 1. The van der Waals surface area contributed by atoms with Crippen molar-refractivity contribution in [1.29, 1.82) is 0 Å². The molecule has 1 aromatic carbocycles. The second-order valence-electron chi connectivity index (χ2n) is 9.99. The zero-order chi connectivity index (χ0) is 23.9. The molecule has 3 fully saturated rings. The normalized spacial score (nSPS) is 22.1. The molecule has 2 atom stereocenters. The van der Waals surface area contributed by atoms with Crippen molar-refractivity contribution in [2.75, 3.05) is 61.6 Å². The first kappa shape index (κ1) is 22.2. The summed E-state index contributed by atoms with van der Waals surface area (Å²) in [4.78, 5) is 21.3. The maximum Gasteiger partial charge on any atom is 0.227 e. The second-order valence-corrected chi connectivity index (χ2v) is 9.99. The highest BCUT2D eigenvalue weighted by Crippen LogP contribution is 2.36. The van der Waals surface area contributed by atoms with Crippen molar-refractivity contribution in [2.24, 2.45) is 0 Å². The molecule has 1 N–H and O–H groups in total. The van der Waals surface area contributed by atoms with Crippen molar-refractivity contribution in [3.8, 4) is 11.3 Å². The Kier molecular flexibility index (Phi) is 5.78. The highest BCUT2D eigenvalue weighted by atomic mass is 16.5. The Morgan fingerprint density at radius 3 is 2.54 bits per heavy atom. The van der Waals surface area contributed by atoms with Gasteiger partial charge in [-0.2, -0.15) is 0 Å². The van der Waals surface area contributed by atoms with Crippen LogP contribution in [0.3, 0.4) is 0 Å². The number of aromatic nitrogens is 3. The van der Waals surface area contributed by atoms with E-state index in [2.05, 4.69) is 70.2 Å². The molecule has 0 amide bonds. The van der Waals surface area contributed by atoms with Crippen LogP contribution in [-0.4, -0.2) is 78.4 Å². The Bertz CT molecular complexity index is 1220. The first-order valence-electron chi connectivity index (χ1n) is 12.5. The van der Waals surface area contributed by atoms with Crippen LogP contribution in [0.1, 0.15) is 17.5 Å². The lowest BCUT2D eigenvalue weighted by molar-refractivity contribution is 0.122. The lowest BCUT2D eigenvalue weighted by Gasteiger charge is -2.34. The fourth-order valence-electron chi connectivity index (χ4n) is 5.74. The van der Waals surface area contributed by atoms with Gasteiger partial charge in [-0.05, 0) is 68.8 Å². The highest BCUT2D eigenvalue weighted by molar-refractivity contribution is 5.67. The summed E-state index contributed by atoms with van der Waals surface area (Å²) in [6.45, 7) is 9.84. The molecule has 2 unspecified atom stereocenters. The number of rotatable bonds is 5. The molecule has 0 spiro atoms. The van der Waals surface area contributed by atoms with Crippen molar-refractivity contribution in [3.63, 3.8) is 0 Å². The molecule has 3 aromatic rings. The molecule has 35 heavy (non-hydrogen) atoms. The van der Waals surface area contributed by atoms with Gasteiger partial charge in [-0.25, -0.2) is 15.0 Å². The van der Waals surface area contributed by atoms with Gasteiger partial charge in [-0.15, -0.1) is 0 Å². The Morgan fingerprint density at radius 2 is 1.83 bits per heavy atom. The Labute approximate surface area is 207 Å². The van der Waals surface area contributed by atoms with Crippen LogP contribution in [0.4, 0.5) is 23.1 Å². The molecule has 8 nitrogen and oxygen atoms in total. The topological polar surface area (TPSA) is 69.6 Å². The van der Waals surface area contributed by atoms with Gasteiger partial charge in [0.2, 0.25) is 5.95 Å². The van der Waals surface area contributed by atoms with E-state index in [0.29, 0.717) is 18.0 Å². The zero-order valence-corrected chi connectivity index (χ0v) is 20.7. The summed E-state index contributed by atoms with van der Waals surface area (Å²) in [5.74, 6) is 1.62. The molecule has 0 radical (unpaired) electrons. The molecule has 3 aliphatic rings. The number of pyridine rings is 1. The SMILES string of the molecule is Cc1cc(Nc2nccc(-c3cnc(N4CCOCC4)c(C)c3)n2)ccc1N1CC2CC1CN2C. The first-order valence-corrected chi connectivity index (χ1v) is 12.5. The number of aryl methyl sites for hydroxylation is 2. The summed E-state index contributed by atoms with van der Waals surface area (Å²) in [6.07, 6.45) is 4.98. The van der Waals surface area contributed by atoms with Crippen LogP contribution in [0.25, 0.3) is 11.3 Å². The fraction of sp³-hybridized carbons (Fsp3) is 0.444. The number of hydrogen-bond acceptors (Lipinski definition) is 8. The molecule has 182 valence electrons. The zero-order valence-electron chi connectivity index (χ0n) is 20.7. The van der Waals surface area contributed by atoms with Crippen LogP contribution in [0.5, 0.6) is 0 Å². The van der Waals surface area contributed by atoms with Crippen LogP contribution in [0.15, 0.2) is 42.7 Å². The van der Waals surface area contributed by atoms with Gasteiger partial charge in [0.05, 0.1) is 18.9 Å². The standard InChI is InChI=1S/C27H33N7O/c1-18-13-21(4-5-25(18)34-17-22-14-23(34)16-32(22)3)30-27-28-7-6-24(31-27)20-12-19(2)26(29-15-20)33-8-10-35-11-9-33/h4-7,12-13,15,22-23H,8-11,14,16-17H2,1-3H3,(H,28,30,31). The van der Waals surface area contributed by atoms with E-state index in [9.17, 15) is 0 Å². The highest BCUT2D eigenvalue weighted by Gasteiger charge is 2.41. The molecule has 5 heterocycles. The molecule has 6 rings (SSSR count). The third-order valence-corrected chi connectivity index (χ3v) is 7.59. The van der Waals surface area contributed by atoms with E-state index in [1.54, 1.807) is 6.20 Å². The lowest BCUT2D eigenvalue weighted by atomic mass is 10.1. The smallest absolute Gasteiger partial charge is 0.227 e. The van der Waals surface area contributed by atoms with Gasteiger partial charge in [0.1, 0.15) is 5.82 Å². The van der Waals surface area contributed by atoms with Crippen LogP contribution in [0, 0.1) is 13.8 Å². The summed E-state index contributed by atoms with van der Waals surface area (Å²) in [5.41, 5.74) is 6.61. The largest absolute Gasteiger partial charge is 0.378 e. The minimum absolute atomic E-state index is 0.589. The van der Waals surface area contributed by atoms with E-state index in [1.165, 1.54) is 17.7 Å². The monoisotopic (exact) mass is 471 g/mol. The van der Waals surface area contributed by atoms with E-state index in [4.69, 9.17) is 14.7 Å². The average Bonchev–Trinajstić information content (AvgIpc) is 3.44. The number of morpholine rings is 1. The molecule has 0 aliphatic carbocycles. The van der Waals surface area contributed by atoms with Gasteiger partial charge in [0, 0.05) is 67.6 Å². The molecular weight excluding hydrogens is 438 g/mol. The van der Waals surface area contributed by atoms with Gasteiger partial charge in [-0.1, -0.05) is 0 Å². The second kappa shape index (κ2) is 9.09. The number of nitrogens with one attached hydrogen (secondary N) is 1. The molecule has 8 heteroatoms. The fourth-order valence-corrected chi connectivity index (χ4v) is 5.74. The Hall–Kier alpha value is -3.23. The predicted octanol–water partition coefficient (Wildman–Crippen LogP) is 3.63. The minimum Gasteiger partial charge on any atom is -0.378 e. The molecule has 3 aliphatic heterocycles. The van der Waals surface area contributed by atoms with E-state index in [1.807, 2.05) is 12.3 Å². The number of nitrogens with zero attached hydrogens (tertiary/aromatic N) is 6. The maximum atomic E-state index is 5.47. The lowest BCUT2D eigenvalue weighted by Crippen LogP contribution is -2.44. The number of fused-ring (bicyclic) bond motifs is 2. The molecular formula is C27H33N7O. The van der Waals surface area contributed by atoms with E-state index in [0.717, 1.165) is 67.7 Å². The van der Waals surface area contributed by atoms with Crippen molar-refractivity contribution >= 4 is 23.1 Å². The number of piperazine rings is 1. The van der Waals surface area contributed by atoms with Crippen LogP contribution in [0.2, 0.25) is 0 Å². The summed E-state index contributed by atoms with van der Waals surface area (Å²) in [5, 5.41) is 3.40. The van der Waals surface area contributed by atoms with E-state index < -0.39 is 0 Å². The number of likely N-dealkylation sites (N-methyl/N-ethyl adjacent to an activating group) is 1. The van der Waals surface area contributed by atoms with Gasteiger partial charge < -0.3 is 19.9 Å². The van der Waals surface area contributed by atoms with E-state index in [-0.39, 0.29) is 0 Å². The Morgan fingerprint density at radius 1 is 0.971 bits per heavy atom. The molecule has 0 saturated carbocycles. The number of benzene rings is 1.